The second-order valence-corrected chi connectivity index (χ2v) is 13.4. The molecule has 0 atom stereocenters. The van der Waals surface area contributed by atoms with E-state index in [1.165, 1.54) is 0 Å². The van der Waals surface area contributed by atoms with E-state index < -0.39 is 5.97 Å². The molecule has 0 saturated heterocycles. The molecule has 0 amide bonds. The number of pyridine rings is 4. The summed E-state index contributed by atoms with van der Waals surface area (Å²) in [6, 6.07) is 60.0. The molecule has 0 spiro atoms. The summed E-state index contributed by atoms with van der Waals surface area (Å²) >= 11 is 0. The first kappa shape index (κ1) is 32.1. The van der Waals surface area contributed by atoms with Crippen LogP contribution in [0.3, 0.4) is 0 Å². The predicted octanol–water partition coefficient (Wildman–Crippen LogP) is 11.8. The van der Waals surface area contributed by atoms with Crippen LogP contribution in [0.25, 0.3) is 88.6 Å². The van der Waals surface area contributed by atoms with Crippen LogP contribution >= 0.6 is 0 Å². The van der Waals surface area contributed by atoms with Crippen molar-refractivity contribution in [1.82, 2.24) is 19.9 Å². The van der Waals surface area contributed by atoms with Crippen molar-refractivity contribution in [2.45, 2.75) is 0 Å². The summed E-state index contributed by atoms with van der Waals surface area (Å²) in [6.07, 6.45) is 0. The Hall–Kier alpha value is -7.57. The van der Waals surface area contributed by atoms with Gasteiger partial charge in [-0.2, -0.15) is 0 Å². The van der Waals surface area contributed by atoms with Crippen molar-refractivity contribution >= 4 is 49.6 Å². The average molecular weight is 707 g/mol. The Morgan fingerprint density at radius 1 is 0.345 bits per heavy atom. The van der Waals surface area contributed by atoms with Gasteiger partial charge in [0.2, 0.25) is 0 Å². The lowest BCUT2D eigenvalue weighted by Crippen LogP contribution is -2.08. The Morgan fingerprint density at radius 3 is 1.16 bits per heavy atom. The normalized spacial score (nSPS) is 11.3. The van der Waals surface area contributed by atoms with Gasteiger partial charge in [-0.1, -0.05) is 127 Å². The van der Waals surface area contributed by atoms with Gasteiger partial charge in [0.15, 0.2) is 0 Å². The SMILES string of the molecule is O=C(Oc1ccccc1)c1ccc(-c2ccc3ccc4ccc(-c5cccc(-c6ccc7ccc8ccc(-c9ccccc9)nc8c7n6)c5)nc4c3n2)cc1. The molecule has 4 aromatic heterocycles. The van der Waals surface area contributed by atoms with Crippen LogP contribution < -0.4 is 4.74 Å². The molecule has 0 fully saturated rings. The van der Waals surface area contributed by atoms with Crippen LogP contribution in [0.15, 0.2) is 182 Å². The Balaban J connectivity index is 0.991. The summed E-state index contributed by atoms with van der Waals surface area (Å²) in [5.74, 6) is 0.100. The van der Waals surface area contributed by atoms with E-state index in [1.54, 1.807) is 24.3 Å². The number of benzene rings is 6. The molecule has 0 aliphatic rings. The largest absolute Gasteiger partial charge is 0.423 e. The minimum Gasteiger partial charge on any atom is -0.423 e. The van der Waals surface area contributed by atoms with Gasteiger partial charge in [-0.25, -0.2) is 24.7 Å². The second kappa shape index (κ2) is 13.4. The lowest BCUT2D eigenvalue weighted by molar-refractivity contribution is 0.0735. The highest BCUT2D eigenvalue weighted by Crippen LogP contribution is 2.32. The molecule has 0 N–H and O–H groups in total. The molecule has 0 bridgehead atoms. The Morgan fingerprint density at radius 2 is 0.709 bits per heavy atom. The predicted molar refractivity (Wildman–Crippen MR) is 221 cm³/mol. The first-order valence-electron chi connectivity index (χ1n) is 18.1. The van der Waals surface area contributed by atoms with E-state index in [9.17, 15) is 4.79 Å². The number of hydrogen-bond donors (Lipinski definition) is 0. The van der Waals surface area contributed by atoms with Crippen LogP contribution in [0.1, 0.15) is 10.4 Å². The van der Waals surface area contributed by atoms with Gasteiger partial charge in [0.1, 0.15) is 5.75 Å². The zero-order valence-electron chi connectivity index (χ0n) is 29.4. The zero-order chi connectivity index (χ0) is 36.7. The number of esters is 1. The van der Waals surface area contributed by atoms with Crippen LogP contribution in [0.2, 0.25) is 0 Å². The minimum atomic E-state index is -0.407. The number of carbonyl (C=O) groups excluding carboxylic acids is 1. The van der Waals surface area contributed by atoms with Crippen molar-refractivity contribution in [3.63, 3.8) is 0 Å². The van der Waals surface area contributed by atoms with Gasteiger partial charge in [0.05, 0.1) is 50.4 Å². The first-order chi connectivity index (χ1) is 27.1. The molecular formula is C49H30N4O2. The first-order valence-corrected chi connectivity index (χ1v) is 18.1. The zero-order valence-corrected chi connectivity index (χ0v) is 29.4. The molecule has 0 radical (unpaired) electrons. The summed E-state index contributed by atoms with van der Waals surface area (Å²) in [6.45, 7) is 0. The van der Waals surface area contributed by atoms with Crippen molar-refractivity contribution < 1.29 is 9.53 Å². The standard InChI is InChI=1S/C49H30N4O2/c54-49(55-40-12-5-2-6-13-40)37-20-14-32(15-21-37)42-27-23-34-17-19-36-25-29-44(53-48(36)46(34)51-42)39-11-7-10-38(30-39)43-28-24-35-18-16-33-22-26-41(31-8-3-1-4-9-31)50-45(33)47(35)52-43/h1-30H. The van der Waals surface area contributed by atoms with Gasteiger partial charge in [-0.15, -0.1) is 0 Å². The van der Waals surface area contributed by atoms with E-state index in [1.807, 2.05) is 54.6 Å². The number of hydrogen-bond acceptors (Lipinski definition) is 6. The molecule has 0 aliphatic carbocycles. The maximum Gasteiger partial charge on any atom is 0.343 e. The van der Waals surface area contributed by atoms with Crippen molar-refractivity contribution in [2.24, 2.45) is 0 Å². The lowest BCUT2D eigenvalue weighted by atomic mass is 10.0. The fourth-order valence-corrected chi connectivity index (χ4v) is 7.06. The molecule has 10 aromatic rings. The summed E-state index contributed by atoms with van der Waals surface area (Å²) in [4.78, 5) is 33.3. The highest BCUT2D eigenvalue weighted by Gasteiger charge is 2.13. The van der Waals surface area contributed by atoms with Crippen molar-refractivity contribution in [1.29, 1.82) is 0 Å². The number of rotatable bonds is 6. The highest BCUT2D eigenvalue weighted by molar-refractivity contribution is 6.05. The van der Waals surface area contributed by atoms with Crippen LogP contribution in [0, 0.1) is 0 Å². The van der Waals surface area contributed by atoms with E-state index in [-0.39, 0.29) is 0 Å². The van der Waals surface area contributed by atoms with Crippen LogP contribution in [0.5, 0.6) is 5.75 Å². The van der Waals surface area contributed by atoms with E-state index >= 15 is 0 Å². The maximum absolute atomic E-state index is 12.7. The van der Waals surface area contributed by atoms with Gasteiger partial charge in [-0.3, -0.25) is 0 Å². The smallest absolute Gasteiger partial charge is 0.343 e. The topological polar surface area (TPSA) is 77.9 Å². The number of nitrogens with zero attached hydrogens (tertiary/aromatic N) is 4. The lowest BCUT2D eigenvalue weighted by Gasteiger charge is -2.10. The van der Waals surface area contributed by atoms with Crippen molar-refractivity contribution in [3.05, 3.63) is 188 Å². The summed E-state index contributed by atoms with van der Waals surface area (Å²) < 4.78 is 5.51. The van der Waals surface area contributed by atoms with Crippen LogP contribution in [-0.2, 0) is 0 Å². The molecule has 0 unspecified atom stereocenters. The average Bonchev–Trinajstić information content (AvgIpc) is 3.26. The van der Waals surface area contributed by atoms with Crippen molar-refractivity contribution in [2.75, 3.05) is 0 Å². The Bertz CT molecular complexity index is 3070. The highest BCUT2D eigenvalue weighted by atomic mass is 16.5. The molecule has 0 saturated carbocycles. The second-order valence-electron chi connectivity index (χ2n) is 13.4. The minimum absolute atomic E-state index is 0.407. The summed E-state index contributed by atoms with van der Waals surface area (Å²) in [5, 5.41) is 4.09. The molecule has 55 heavy (non-hydrogen) atoms. The molecule has 6 aromatic carbocycles. The molecule has 4 heterocycles. The van der Waals surface area contributed by atoms with Crippen LogP contribution in [0.4, 0.5) is 0 Å². The van der Waals surface area contributed by atoms with E-state index in [0.717, 1.165) is 88.6 Å². The molecule has 6 nitrogen and oxygen atoms in total. The van der Waals surface area contributed by atoms with Gasteiger partial charge in [-0.05, 0) is 54.6 Å². The molecule has 6 heteroatoms. The molecule has 10 rings (SSSR count). The van der Waals surface area contributed by atoms with Gasteiger partial charge < -0.3 is 4.74 Å². The monoisotopic (exact) mass is 706 g/mol. The van der Waals surface area contributed by atoms with Gasteiger partial charge in [0.25, 0.3) is 0 Å². The third-order valence-corrected chi connectivity index (χ3v) is 9.93. The number of aromatic nitrogens is 4. The van der Waals surface area contributed by atoms with E-state index in [4.69, 9.17) is 24.7 Å². The summed E-state index contributed by atoms with van der Waals surface area (Å²) in [5.41, 5.74) is 11.2. The maximum atomic E-state index is 12.7. The van der Waals surface area contributed by atoms with E-state index in [2.05, 4.69) is 103 Å². The van der Waals surface area contributed by atoms with Gasteiger partial charge in [0, 0.05) is 43.8 Å². The quantitative estimate of drug-likeness (QED) is 0.0973. The number of carbonyl (C=O) groups is 1. The molecule has 258 valence electrons. The van der Waals surface area contributed by atoms with Gasteiger partial charge >= 0.3 is 5.97 Å². The Labute approximate surface area is 316 Å². The molecule has 0 aliphatic heterocycles. The number of para-hydroxylation sites is 1. The third kappa shape index (κ3) is 6.11. The fourth-order valence-electron chi connectivity index (χ4n) is 7.06. The molecular weight excluding hydrogens is 677 g/mol. The fraction of sp³-hybridized carbons (Fsp3) is 0. The third-order valence-electron chi connectivity index (χ3n) is 9.93. The van der Waals surface area contributed by atoms with Crippen molar-refractivity contribution in [3.8, 4) is 50.8 Å². The summed E-state index contributed by atoms with van der Waals surface area (Å²) in [7, 11) is 0. The Kier molecular flexibility index (Phi) is 7.85. The number of fused-ring (bicyclic) bond motifs is 6. The van der Waals surface area contributed by atoms with Crippen LogP contribution in [-0.4, -0.2) is 25.9 Å². The van der Waals surface area contributed by atoms with E-state index in [0.29, 0.717) is 11.3 Å². The number of ether oxygens (including phenoxy) is 1.